The average Bonchev–Trinajstić information content (AvgIpc) is 3.05. The Kier molecular flexibility index (Phi) is 6.79. The number of methoxy groups -OCH3 is 1. The number of ether oxygens (including phenoxy) is 2. The fourth-order valence-corrected chi connectivity index (χ4v) is 3.77. The van der Waals surface area contributed by atoms with Crippen LogP contribution in [-0.4, -0.2) is 54.0 Å². The normalized spacial score (nSPS) is 14.7. The molecule has 6 nitrogen and oxygen atoms in total. The number of hydrogen-bond acceptors (Lipinski definition) is 5. The second-order valence-electron chi connectivity index (χ2n) is 7.54. The fraction of sp³-hybridized carbons (Fsp3) is 0.280. The molecule has 0 saturated carbocycles. The molecule has 0 spiro atoms. The van der Waals surface area contributed by atoms with E-state index in [0.29, 0.717) is 30.3 Å². The Hall–Kier alpha value is -3.38. The van der Waals surface area contributed by atoms with Crippen molar-refractivity contribution in [2.75, 3.05) is 33.3 Å². The molecule has 0 N–H and O–H groups in total. The van der Waals surface area contributed by atoms with E-state index in [1.807, 2.05) is 47.4 Å². The van der Waals surface area contributed by atoms with Gasteiger partial charge in [-0.15, -0.1) is 0 Å². The number of benzene rings is 2. The molecule has 6 heteroatoms. The Bertz CT molecular complexity index is 1010. The molecule has 31 heavy (non-hydrogen) atoms. The van der Waals surface area contributed by atoms with Crippen LogP contribution in [0, 0.1) is 0 Å². The number of rotatable bonds is 6. The Morgan fingerprint density at radius 2 is 1.77 bits per heavy atom. The quantitative estimate of drug-likeness (QED) is 0.601. The lowest BCUT2D eigenvalue weighted by Gasteiger charge is -2.23. The zero-order valence-electron chi connectivity index (χ0n) is 17.7. The van der Waals surface area contributed by atoms with Crippen molar-refractivity contribution in [2.24, 2.45) is 0 Å². The molecule has 2 aromatic carbocycles. The Morgan fingerprint density at radius 3 is 2.61 bits per heavy atom. The van der Waals surface area contributed by atoms with E-state index >= 15 is 0 Å². The highest BCUT2D eigenvalue weighted by Crippen LogP contribution is 2.24. The van der Waals surface area contributed by atoms with Gasteiger partial charge in [0, 0.05) is 38.9 Å². The van der Waals surface area contributed by atoms with Gasteiger partial charge in [-0.3, -0.25) is 9.69 Å². The molecular weight excluding hydrogens is 390 g/mol. The number of hydrogen-bond donors (Lipinski definition) is 0. The van der Waals surface area contributed by atoms with E-state index in [1.54, 1.807) is 25.4 Å². The zero-order chi connectivity index (χ0) is 21.5. The summed E-state index contributed by atoms with van der Waals surface area (Å²) in [4.78, 5) is 21.9. The summed E-state index contributed by atoms with van der Waals surface area (Å²) < 4.78 is 11.2. The van der Waals surface area contributed by atoms with Crippen molar-refractivity contribution in [3.8, 4) is 17.4 Å². The highest BCUT2D eigenvalue weighted by molar-refractivity contribution is 5.96. The molecule has 4 rings (SSSR count). The SMILES string of the molecule is COc1cccc(CN2CCCN(C(=O)c3cccnc3Oc3ccccc3)CC2)c1. The third kappa shape index (κ3) is 5.41. The van der Waals surface area contributed by atoms with Gasteiger partial charge < -0.3 is 14.4 Å². The van der Waals surface area contributed by atoms with Gasteiger partial charge in [0.1, 0.15) is 17.1 Å². The van der Waals surface area contributed by atoms with Gasteiger partial charge in [-0.1, -0.05) is 30.3 Å². The van der Waals surface area contributed by atoms with E-state index in [4.69, 9.17) is 9.47 Å². The maximum absolute atomic E-state index is 13.3. The molecule has 0 atom stereocenters. The van der Waals surface area contributed by atoms with Gasteiger partial charge in [-0.2, -0.15) is 0 Å². The number of pyridine rings is 1. The maximum Gasteiger partial charge on any atom is 0.259 e. The van der Waals surface area contributed by atoms with E-state index in [0.717, 1.165) is 31.8 Å². The highest BCUT2D eigenvalue weighted by Gasteiger charge is 2.23. The molecular formula is C25H27N3O3. The predicted octanol–water partition coefficient (Wildman–Crippen LogP) is 4.23. The summed E-state index contributed by atoms with van der Waals surface area (Å²) in [5.74, 6) is 1.83. The lowest BCUT2D eigenvalue weighted by Crippen LogP contribution is -2.35. The molecule has 1 amide bonds. The minimum atomic E-state index is -0.0396. The molecule has 160 valence electrons. The van der Waals surface area contributed by atoms with E-state index in [-0.39, 0.29) is 5.91 Å². The first-order valence-electron chi connectivity index (χ1n) is 10.6. The van der Waals surface area contributed by atoms with Crippen molar-refractivity contribution in [1.29, 1.82) is 0 Å². The first-order chi connectivity index (χ1) is 15.2. The minimum Gasteiger partial charge on any atom is -0.497 e. The summed E-state index contributed by atoms with van der Waals surface area (Å²) >= 11 is 0. The second kappa shape index (κ2) is 10.1. The van der Waals surface area contributed by atoms with Crippen LogP contribution in [0.4, 0.5) is 0 Å². The summed E-state index contributed by atoms with van der Waals surface area (Å²) in [7, 11) is 1.68. The average molecular weight is 418 g/mol. The van der Waals surface area contributed by atoms with Gasteiger partial charge >= 0.3 is 0 Å². The number of nitrogens with zero attached hydrogens (tertiary/aromatic N) is 3. The minimum absolute atomic E-state index is 0.0396. The first-order valence-corrected chi connectivity index (χ1v) is 10.6. The third-order valence-corrected chi connectivity index (χ3v) is 5.38. The standard InChI is InChI=1S/C25H27N3O3/c1-30-22-11-5-8-20(18-22)19-27-14-7-15-28(17-16-27)25(29)23-12-6-13-26-24(23)31-21-9-3-2-4-10-21/h2-6,8-13,18H,7,14-17,19H2,1H3. The van der Waals surface area contributed by atoms with Gasteiger partial charge in [-0.05, 0) is 48.4 Å². The molecule has 1 fully saturated rings. The van der Waals surface area contributed by atoms with Crippen LogP contribution in [0.1, 0.15) is 22.3 Å². The smallest absolute Gasteiger partial charge is 0.259 e. The maximum atomic E-state index is 13.3. The van der Waals surface area contributed by atoms with Gasteiger partial charge in [0.25, 0.3) is 5.91 Å². The van der Waals surface area contributed by atoms with Gasteiger partial charge in [0.2, 0.25) is 5.88 Å². The lowest BCUT2D eigenvalue weighted by molar-refractivity contribution is 0.0757. The van der Waals surface area contributed by atoms with Gasteiger partial charge in [0.15, 0.2) is 0 Å². The third-order valence-electron chi connectivity index (χ3n) is 5.38. The number of amides is 1. The fourth-order valence-electron chi connectivity index (χ4n) is 3.77. The summed E-state index contributed by atoms with van der Waals surface area (Å²) in [6, 6.07) is 21.1. The predicted molar refractivity (Wildman–Crippen MR) is 120 cm³/mol. The van der Waals surface area contributed by atoms with Crippen LogP contribution in [0.5, 0.6) is 17.4 Å². The van der Waals surface area contributed by atoms with E-state index in [2.05, 4.69) is 22.0 Å². The molecule has 2 heterocycles. The van der Waals surface area contributed by atoms with Crippen LogP contribution in [-0.2, 0) is 6.54 Å². The van der Waals surface area contributed by atoms with Crippen LogP contribution >= 0.6 is 0 Å². The molecule has 1 aromatic heterocycles. The summed E-state index contributed by atoms with van der Waals surface area (Å²) in [5, 5.41) is 0. The summed E-state index contributed by atoms with van der Waals surface area (Å²) in [6.07, 6.45) is 2.57. The zero-order valence-corrected chi connectivity index (χ0v) is 17.7. The van der Waals surface area contributed by atoms with Crippen molar-refractivity contribution in [3.05, 3.63) is 84.1 Å². The van der Waals surface area contributed by atoms with E-state index in [1.165, 1.54) is 5.56 Å². The molecule has 0 aliphatic carbocycles. The van der Waals surface area contributed by atoms with E-state index < -0.39 is 0 Å². The number of para-hydroxylation sites is 1. The Balaban J connectivity index is 1.42. The van der Waals surface area contributed by atoms with Gasteiger partial charge in [-0.25, -0.2) is 4.98 Å². The number of carbonyl (C=O) groups is 1. The molecule has 0 bridgehead atoms. The molecule has 1 saturated heterocycles. The van der Waals surface area contributed by atoms with Crippen molar-refractivity contribution in [2.45, 2.75) is 13.0 Å². The molecule has 0 radical (unpaired) electrons. The Morgan fingerprint density at radius 1 is 0.935 bits per heavy atom. The molecule has 1 aliphatic heterocycles. The molecule has 0 unspecified atom stereocenters. The lowest BCUT2D eigenvalue weighted by atomic mass is 10.2. The number of aromatic nitrogens is 1. The molecule has 1 aliphatic rings. The van der Waals surface area contributed by atoms with Crippen molar-refractivity contribution >= 4 is 5.91 Å². The van der Waals surface area contributed by atoms with Crippen LogP contribution in [0.15, 0.2) is 72.9 Å². The van der Waals surface area contributed by atoms with Crippen molar-refractivity contribution < 1.29 is 14.3 Å². The second-order valence-corrected chi connectivity index (χ2v) is 7.54. The van der Waals surface area contributed by atoms with Crippen LogP contribution in [0.3, 0.4) is 0 Å². The van der Waals surface area contributed by atoms with E-state index in [9.17, 15) is 4.79 Å². The van der Waals surface area contributed by atoms with Crippen LogP contribution in [0.25, 0.3) is 0 Å². The largest absolute Gasteiger partial charge is 0.497 e. The van der Waals surface area contributed by atoms with Crippen molar-refractivity contribution in [3.63, 3.8) is 0 Å². The first kappa shape index (κ1) is 20.9. The number of carbonyl (C=O) groups excluding carboxylic acids is 1. The van der Waals surface area contributed by atoms with Crippen LogP contribution in [0.2, 0.25) is 0 Å². The van der Waals surface area contributed by atoms with Crippen molar-refractivity contribution in [1.82, 2.24) is 14.8 Å². The monoisotopic (exact) mass is 417 g/mol. The topological polar surface area (TPSA) is 54.9 Å². The Labute approximate surface area is 183 Å². The van der Waals surface area contributed by atoms with Crippen LogP contribution < -0.4 is 9.47 Å². The summed E-state index contributed by atoms with van der Waals surface area (Å²) in [5.41, 5.74) is 1.71. The highest BCUT2D eigenvalue weighted by atomic mass is 16.5. The van der Waals surface area contributed by atoms with Gasteiger partial charge in [0.05, 0.1) is 7.11 Å². The molecule has 3 aromatic rings. The summed E-state index contributed by atoms with van der Waals surface area (Å²) in [6.45, 7) is 3.99.